The van der Waals surface area contributed by atoms with Crippen molar-refractivity contribution in [2.75, 3.05) is 4.90 Å². The van der Waals surface area contributed by atoms with Crippen LogP contribution in [0.15, 0.2) is 103 Å². The maximum absolute atomic E-state index is 14.5. The minimum Gasteiger partial charge on any atom is -0.352 e. The zero-order valence-corrected chi connectivity index (χ0v) is 20.6. The summed E-state index contributed by atoms with van der Waals surface area (Å²) in [5, 5.41) is 0. The van der Waals surface area contributed by atoms with Gasteiger partial charge in [-0.15, -0.1) is 0 Å². The number of anilines is 1. The molecule has 0 N–H and O–H groups in total. The van der Waals surface area contributed by atoms with Crippen molar-refractivity contribution in [3.63, 3.8) is 0 Å². The fourth-order valence-corrected chi connectivity index (χ4v) is 6.75. The molecular formula is C33H21F2NO3. The van der Waals surface area contributed by atoms with Crippen molar-refractivity contribution in [3.8, 4) is 0 Å². The summed E-state index contributed by atoms with van der Waals surface area (Å²) < 4.78 is 27.9. The molecule has 0 saturated carbocycles. The first-order chi connectivity index (χ1) is 18.9. The van der Waals surface area contributed by atoms with E-state index < -0.39 is 35.1 Å². The number of carbonyl (C=O) groups is 3. The van der Waals surface area contributed by atoms with Gasteiger partial charge in [-0.05, 0) is 53.6 Å². The predicted molar refractivity (Wildman–Crippen MR) is 143 cm³/mol. The molecule has 0 amide bonds. The van der Waals surface area contributed by atoms with Crippen molar-refractivity contribution >= 4 is 29.1 Å². The Bertz CT molecular complexity index is 1670. The highest BCUT2D eigenvalue weighted by molar-refractivity contribution is 6.32. The van der Waals surface area contributed by atoms with Crippen LogP contribution in [-0.4, -0.2) is 29.4 Å². The number of rotatable bonds is 3. The monoisotopic (exact) mass is 517 g/mol. The van der Waals surface area contributed by atoms with Crippen LogP contribution >= 0.6 is 0 Å². The van der Waals surface area contributed by atoms with Gasteiger partial charge in [0.05, 0.1) is 6.04 Å². The number of carbonyl (C=O) groups excluding carboxylic acids is 3. The summed E-state index contributed by atoms with van der Waals surface area (Å²) in [5.74, 6) is -2.96. The SMILES string of the molecule is O=C(c1ccc(F)cc1)C1C(c2ccc(F)cc2)C2(C(=O)c3ccccc3C2=O)C2C=Cc3ccccc3N12. The molecule has 2 heterocycles. The Kier molecular flexibility index (Phi) is 5.04. The number of para-hydroxylation sites is 1. The zero-order chi connectivity index (χ0) is 26.9. The van der Waals surface area contributed by atoms with Crippen LogP contribution < -0.4 is 4.90 Å². The Hall–Kier alpha value is -4.71. The molecule has 4 aromatic carbocycles. The number of ketones is 3. The van der Waals surface area contributed by atoms with Gasteiger partial charge in [0.2, 0.25) is 0 Å². The van der Waals surface area contributed by atoms with Crippen LogP contribution in [-0.2, 0) is 0 Å². The third kappa shape index (κ3) is 3.12. The van der Waals surface area contributed by atoms with Gasteiger partial charge in [0.15, 0.2) is 17.3 Å². The third-order valence-electron chi connectivity index (χ3n) is 8.34. The second kappa shape index (κ2) is 8.40. The van der Waals surface area contributed by atoms with Gasteiger partial charge in [-0.1, -0.05) is 66.7 Å². The van der Waals surface area contributed by atoms with E-state index in [9.17, 15) is 23.2 Å². The number of benzene rings is 4. The minimum absolute atomic E-state index is 0.256. The minimum atomic E-state index is -1.66. The second-order valence-electron chi connectivity index (χ2n) is 10.2. The number of nitrogens with zero attached hydrogens (tertiary/aromatic N) is 1. The van der Waals surface area contributed by atoms with Crippen LogP contribution in [0.2, 0.25) is 0 Å². The van der Waals surface area contributed by atoms with E-state index in [1.807, 2.05) is 41.3 Å². The summed E-state index contributed by atoms with van der Waals surface area (Å²) in [5.41, 5.74) is 1.29. The van der Waals surface area contributed by atoms with E-state index in [1.165, 1.54) is 36.4 Å². The third-order valence-corrected chi connectivity index (χ3v) is 8.34. The number of Topliss-reactive ketones (excluding diaryl/α,β-unsaturated/α-hetero) is 3. The molecular weight excluding hydrogens is 496 g/mol. The van der Waals surface area contributed by atoms with Gasteiger partial charge in [0, 0.05) is 28.3 Å². The van der Waals surface area contributed by atoms with Gasteiger partial charge in [0.25, 0.3) is 0 Å². The standard InChI is InChI=1S/C33H21F2NO3/c34-22-14-9-20(10-15-22)28-29(30(37)21-11-16-23(35)17-12-21)36-26-8-4-1-5-19(26)13-18-27(36)33(28)31(38)24-6-2-3-7-25(24)32(33)39/h1-18,27-29H. The fourth-order valence-electron chi connectivity index (χ4n) is 6.75. The van der Waals surface area contributed by atoms with Gasteiger partial charge in [-0.3, -0.25) is 14.4 Å². The van der Waals surface area contributed by atoms with Crippen molar-refractivity contribution in [3.05, 3.63) is 143 Å². The van der Waals surface area contributed by atoms with E-state index in [-0.39, 0.29) is 22.9 Å². The van der Waals surface area contributed by atoms with E-state index in [2.05, 4.69) is 0 Å². The highest BCUT2D eigenvalue weighted by atomic mass is 19.1. The zero-order valence-electron chi connectivity index (χ0n) is 20.6. The summed E-state index contributed by atoms with van der Waals surface area (Å²) in [6.45, 7) is 0. The van der Waals surface area contributed by atoms with Crippen molar-refractivity contribution in [2.24, 2.45) is 5.41 Å². The highest BCUT2D eigenvalue weighted by Crippen LogP contribution is 2.60. The molecule has 3 unspecified atom stereocenters. The lowest BCUT2D eigenvalue weighted by Crippen LogP contribution is -2.48. The van der Waals surface area contributed by atoms with Gasteiger partial charge < -0.3 is 4.90 Å². The predicted octanol–water partition coefficient (Wildman–Crippen LogP) is 6.28. The Balaban J connectivity index is 1.54. The number of hydrogen-bond donors (Lipinski definition) is 0. The smallest absolute Gasteiger partial charge is 0.185 e. The quantitative estimate of drug-likeness (QED) is 0.237. The Morgan fingerprint density at radius 3 is 1.92 bits per heavy atom. The lowest BCUT2D eigenvalue weighted by atomic mass is 9.64. The molecule has 2 aliphatic heterocycles. The largest absolute Gasteiger partial charge is 0.352 e. The van der Waals surface area contributed by atoms with Crippen LogP contribution in [0.5, 0.6) is 0 Å². The normalized spacial score (nSPS) is 22.1. The maximum atomic E-state index is 14.5. The van der Waals surface area contributed by atoms with Crippen molar-refractivity contribution in [2.45, 2.75) is 18.0 Å². The molecule has 4 nitrogen and oxygen atoms in total. The van der Waals surface area contributed by atoms with Gasteiger partial charge >= 0.3 is 0 Å². The molecule has 190 valence electrons. The van der Waals surface area contributed by atoms with E-state index in [4.69, 9.17) is 0 Å². The second-order valence-corrected chi connectivity index (χ2v) is 10.2. The Morgan fingerprint density at radius 2 is 1.28 bits per heavy atom. The topological polar surface area (TPSA) is 54.5 Å². The average molecular weight is 518 g/mol. The molecule has 1 spiro atoms. The summed E-state index contributed by atoms with van der Waals surface area (Å²) >= 11 is 0. The van der Waals surface area contributed by atoms with Gasteiger partial charge in [0.1, 0.15) is 23.1 Å². The molecule has 4 aromatic rings. The Labute approximate surface area is 223 Å². The molecule has 1 saturated heterocycles. The molecule has 39 heavy (non-hydrogen) atoms. The number of fused-ring (bicyclic) bond motifs is 5. The van der Waals surface area contributed by atoms with Gasteiger partial charge in [-0.25, -0.2) is 8.78 Å². The van der Waals surface area contributed by atoms with E-state index in [1.54, 1.807) is 36.4 Å². The first-order valence-corrected chi connectivity index (χ1v) is 12.7. The summed E-state index contributed by atoms with van der Waals surface area (Å²) in [7, 11) is 0. The lowest BCUT2D eigenvalue weighted by molar-refractivity contribution is 0.0666. The van der Waals surface area contributed by atoms with Crippen LogP contribution in [0.1, 0.15) is 48.1 Å². The van der Waals surface area contributed by atoms with Crippen LogP contribution in [0.25, 0.3) is 6.08 Å². The van der Waals surface area contributed by atoms with E-state index in [0.29, 0.717) is 22.4 Å². The molecule has 0 radical (unpaired) electrons. The summed E-state index contributed by atoms with van der Waals surface area (Å²) in [6.07, 6.45) is 3.72. The van der Waals surface area contributed by atoms with E-state index in [0.717, 1.165) is 5.56 Å². The molecule has 0 aromatic heterocycles. The molecule has 1 aliphatic carbocycles. The van der Waals surface area contributed by atoms with Crippen molar-refractivity contribution < 1.29 is 23.2 Å². The summed E-state index contributed by atoms with van der Waals surface area (Å²) in [6, 6.07) is 23.4. The number of hydrogen-bond acceptors (Lipinski definition) is 4. The fraction of sp³-hybridized carbons (Fsp3) is 0.121. The molecule has 3 atom stereocenters. The van der Waals surface area contributed by atoms with Crippen LogP contribution in [0.4, 0.5) is 14.5 Å². The van der Waals surface area contributed by atoms with Gasteiger partial charge in [-0.2, -0.15) is 0 Å². The first kappa shape index (κ1) is 23.4. The molecule has 0 bridgehead atoms. The lowest BCUT2D eigenvalue weighted by Gasteiger charge is -2.37. The highest BCUT2D eigenvalue weighted by Gasteiger charge is 2.71. The van der Waals surface area contributed by atoms with Crippen molar-refractivity contribution in [1.29, 1.82) is 0 Å². The first-order valence-electron chi connectivity index (χ1n) is 12.7. The summed E-state index contributed by atoms with van der Waals surface area (Å²) in [4.78, 5) is 45.3. The molecule has 3 aliphatic rings. The van der Waals surface area contributed by atoms with Crippen molar-refractivity contribution in [1.82, 2.24) is 0 Å². The van der Waals surface area contributed by atoms with Crippen LogP contribution in [0, 0.1) is 17.0 Å². The van der Waals surface area contributed by atoms with E-state index >= 15 is 0 Å². The van der Waals surface area contributed by atoms with Crippen LogP contribution in [0.3, 0.4) is 0 Å². The average Bonchev–Trinajstić information content (AvgIpc) is 3.40. The Morgan fingerprint density at radius 1 is 0.718 bits per heavy atom. The molecule has 1 fully saturated rings. The maximum Gasteiger partial charge on any atom is 0.185 e. The molecule has 7 rings (SSSR count). The molecule has 6 heteroatoms. The number of halogens is 2.